The lowest BCUT2D eigenvalue weighted by molar-refractivity contribution is -0.122. The van der Waals surface area contributed by atoms with E-state index in [1.54, 1.807) is 37.3 Å². The van der Waals surface area contributed by atoms with Crippen LogP contribution in [0.25, 0.3) is 0 Å². The van der Waals surface area contributed by atoms with E-state index in [-0.39, 0.29) is 5.91 Å². The number of allylic oxidation sites excluding steroid dienone is 1. The number of aromatic nitrogens is 4. The van der Waals surface area contributed by atoms with Crippen molar-refractivity contribution in [1.82, 2.24) is 19.7 Å². The van der Waals surface area contributed by atoms with Crippen molar-refractivity contribution in [2.45, 2.75) is 26.0 Å². The zero-order valence-electron chi connectivity index (χ0n) is 15.0. The third-order valence-corrected chi connectivity index (χ3v) is 5.14. The van der Waals surface area contributed by atoms with Crippen LogP contribution >= 0.6 is 35.2 Å². The highest BCUT2D eigenvalue weighted by Crippen LogP contribution is 2.20. The summed E-state index contributed by atoms with van der Waals surface area (Å²) in [5.74, 6) is 1.04. The van der Waals surface area contributed by atoms with Gasteiger partial charge in [-0.1, -0.05) is 17.7 Å². The van der Waals surface area contributed by atoms with Crippen LogP contribution in [0.4, 0.5) is 5.13 Å². The third-order valence-electron chi connectivity index (χ3n) is 3.77. The van der Waals surface area contributed by atoms with E-state index in [2.05, 4.69) is 27.1 Å². The highest BCUT2D eigenvalue weighted by molar-refractivity contribution is 7.71. The van der Waals surface area contributed by atoms with E-state index < -0.39 is 6.10 Å². The Balaban J connectivity index is 1.60. The Morgan fingerprint density at radius 3 is 2.96 bits per heavy atom. The van der Waals surface area contributed by atoms with Crippen molar-refractivity contribution >= 4 is 46.2 Å². The van der Waals surface area contributed by atoms with E-state index in [9.17, 15) is 4.79 Å². The number of hydrogen-bond acceptors (Lipinski definition) is 6. The monoisotopic (exact) mass is 435 g/mol. The topological polar surface area (TPSA) is 84.8 Å². The fraction of sp³-hybridized carbons (Fsp3) is 0.222. The van der Waals surface area contributed by atoms with Crippen LogP contribution in [0, 0.1) is 4.77 Å². The van der Waals surface area contributed by atoms with Crippen molar-refractivity contribution in [2.24, 2.45) is 0 Å². The van der Waals surface area contributed by atoms with Crippen molar-refractivity contribution in [3.63, 3.8) is 0 Å². The second-order valence-electron chi connectivity index (χ2n) is 5.87. The fourth-order valence-electron chi connectivity index (χ4n) is 2.39. The first kappa shape index (κ1) is 20.2. The Morgan fingerprint density at radius 1 is 1.50 bits per heavy atom. The summed E-state index contributed by atoms with van der Waals surface area (Å²) in [5.41, 5.74) is 0.783. The minimum Gasteiger partial charge on any atom is -0.481 e. The zero-order chi connectivity index (χ0) is 20.1. The predicted octanol–water partition coefficient (Wildman–Crippen LogP) is 4.23. The minimum absolute atomic E-state index is 0.287. The SMILES string of the molecule is C=CCn1c(Cc2csc(NC(=O)[C@@H](C)Oc3ccc(Cl)cc3)n2)n[nH]c1=S. The molecule has 146 valence electrons. The number of ether oxygens (including phenoxy) is 1. The number of amides is 1. The largest absolute Gasteiger partial charge is 0.481 e. The van der Waals surface area contributed by atoms with Crippen molar-refractivity contribution < 1.29 is 9.53 Å². The van der Waals surface area contributed by atoms with Gasteiger partial charge in [0.1, 0.15) is 11.6 Å². The van der Waals surface area contributed by atoms with Crippen LogP contribution < -0.4 is 10.1 Å². The van der Waals surface area contributed by atoms with Crippen LogP contribution in [0.1, 0.15) is 18.4 Å². The summed E-state index contributed by atoms with van der Waals surface area (Å²) in [6, 6.07) is 6.83. The molecule has 10 heteroatoms. The number of halogens is 1. The molecule has 2 heterocycles. The lowest BCUT2D eigenvalue weighted by Gasteiger charge is -2.13. The number of carbonyl (C=O) groups excluding carboxylic acids is 1. The Morgan fingerprint density at radius 2 is 2.25 bits per heavy atom. The van der Waals surface area contributed by atoms with Crippen molar-refractivity contribution in [2.75, 3.05) is 5.32 Å². The van der Waals surface area contributed by atoms with Crippen LogP contribution in [0.5, 0.6) is 5.75 Å². The molecule has 1 atom stereocenters. The number of thiazole rings is 1. The van der Waals surface area contributed by atoms with E-state index in [0.29, 0.717) is 33.6 Å². The van der Waals surface area contributed by atoms with Gasteiger partial charge in [-0.2, -0.15) is 5.10 Å². The summed E-state index contributed by atoms with van der Waals surface area (Å²) in [5, 5.41) is 12.7. The number of benzene rings is 1. The highest BCUT2D eigenvalue weighted by Gasteiger charge is 2.17. The smallest absolute Gasteiger partial charge is 0.266 e. The standard InChI is InChI=1S/C18H18ClN5O2S2/c1-3-8-24-15(22-23-18(24)27)9-13-10-28-17(20-13)21-16(25)11(2)26-14-6-4-12(19)5-7-14/h3-7,10-11H,1,8-9H2,2H3,(H,23,27)(H,20,21,25)/t11-/m1/s1. The van der Waals surface area contributed by atoms with E-state index >= 15 is 0 Å². The van der Waals surface area contributed by atoms with E-state index in [1.807, 2.05) is 9.95 Å². The van der Waals surface area contributed by atoms with Gasteiger partial charge in [-0.3, -0.25) is 19.8 Å². The first-order chi connectivity index (χ1) is 13.5. The van der Waals surface area contributed by atoms with Crippen LogP contribution in [0.2, 0.25) is 5.02 Å². The quantitative estimate of drug-likeness (QED) is 0.408. The molecule has 1 amide bonds. The molecular formula is C18H18ClN5O2S2. The second kappa shape index (κ2) is 9.13. The Kier molecular flexibility index (Phi) is 6.61. The Labute approximate surface area is 176 Å². The van der Waals surface area contributed by atoms with E-state index in [0.717, 1.165) is 11.5 Å². The lowest BCUT2D eigenvalue weighted by Crippen LogP contribution is -2.30. The molecule has 0 radical (unpaired) electrons. The average molecular weight is 436 g/mol. The van der Waals surface area contributed by atoms with Gasteiger partial charge in [0, 0.05) is 16.9 Å². The van der Waals surface area contributed by atoms with Gasteiger partial charge < -0.3 is 4.74 Å². The number of hydrogen-bond donors (Lipinski definition) is 2. The first-order valence-corrected chi connectivity index (χ1v) is 10.1. The van der Waals surface area contributed by atoms with Crippen molar-refractivity contribution in [3.05, 3.63) is 63.6 Å². The number of carbonyl (C=O) groups is 1. The molecule has 0 aliphatic heterocycles. The zero-order valence-corrected chi connectivity index (χ0v) is 17.4. The average Bonchev–Trinajstić information content (AvgIpc) is 3.25. The fourth-order valence-corrected chi connectivity index (χ4v) is 3.45. The van der Waals surface area contributed by atoms with Gasteiger partial charge in [0.25, 0.3) is 5.91 Å². The molecule has 3 rings (SSSR count). The summed E-state index contributed by atoms with van der Waals surface area (Å²) >= 11 is 12.4. The molecular weight excluding hydrogens is 418 g/mol. The Hall–Kier alpha value is -2.49. The number of aromatic amines is 1. The number of anilines is 1. The molecule has 0 aliphatic carbocycles. The minimum atomic E-state index is -0.683. The van der Waals surface area contributed by atoms with Crippen molar-refractivity contribution in [3.8, 4) is 5.75 Å². The maximum atomic E-state index is 12.4. The van der Waals surface area contributed by atoms with E-state index in [4.69, 9.17) is 28.6 Å². The normalized spacial score (nSPS) is 11.8. The number of nitrogens with one attached hydrogen (secondary N) is 2. The van der Waals surface area contributed by atoms with Gasteiger partial charge in [-0.05, 0) is 43.4 Å². The summed E-state index contributed by atoms with van der Waals surface area (Å²) in [7, 11) is 0. The number of nitrogens with zero attached hydrogens (tertiary/aromatic N) is 3. The molecule has 3 aromatic rings. The molecule has 7 nitrogen and oxygen atoms in total. The molecule has 28 heavy (non-hydrogen) atoms. The molecule has 0 spiro atoms. The summed E-state index contributed by atoms with van der Waals surface area (Å²) in [6.07, 6.45) is 1.56. The molecule has 2 aromatic heterocycles. The first-order valence-electron chi connectivity index (χ1n) is 8.38. The van der Waals surface area contributed by atoms with Crippen LogP contribution in [-0.4, -0.2) is 31.8 Å². The van der Waals surface area contributed by atoms with Crippen LogP contribution in [0.15, 0.2) is 42.3 Å². The molecule has 0 saturated heterocycles. The maximum absolute atomic E-state index is 12.4. The molecule has 0 aliphatic rings. The number of rotatable bonds is 8. The lowest BCUT2D eigenvalue weighted by atomic mass is 10.3. The van der Waals surface area contributed by atoms with Gasteiger partial charge in [-0.15, -0.1) is 17.9 Å². The van der Waals surface area contributed by atoms with E-state index in [1.165, 1.54) is 11.3 Å². The summed E-state index contributed by atoms with van der Waals surface area (Å²) < 4.78 is 8.00. The molecule has 0 unspecified atom stereocenters. The third kappa shape index (κ3) is 5.06. The predicted molar refractivity (Wildman–Crippen MR) is 113 cm³/mol. The van der Waals surface area contributed by atoms with Gasteiger partial charge in [0.15, 0.2) is 16.0 Å². The summed E-state index contributed by atoms with van der Waals surface area (Å²) in [4.78, 5) is 16.8. The van der Waals surface area contributed by atoms with Crippen molar-refractivity contribution in [1.29, 1.82) is 0 Å². The van der Waals surface area contributed by atoms with Gasteiger partial charge in [0.2, 0.25) is 0 Å². The molecule has 2 N–H and O–H groups in total. The second-order valence-corrected chi connectivity index (χ2v) is 7.55. The molecule has 0 bridgehead atoms. The van der Waals surface area contributed by atoms with Gasteiger partial charge >= 0.3 is 0 Å². The van der Waals surface area contributed by atoms with Crippen LogP contribution in [0.3, 0.4) is 0 Å². The maximum Gasteiger partial charge on any atom is 0.266 e. The molecule has 0 fully saturated rings. The number of H-pyrrole nitrogens is 1. The summed E-state index contributed by atoms with van der Waals surface area (Å²) in [6.45, 7) is 5.96. The van der Waals surface area contributed by atoms with Crippen LogP contribution in [-0.2, 0) is 17.8 Å². The van der Waals surface area contributed by atoms with Gasteiger partial charge in [-0.25, -0.2) is 4.98 Å². The molecule has 1 aromatic carbocycles. The van der Waals surface area contributed by atoms with Gasteiger partial charge in [0.05, 0.1) is 12.1 Å². The molecule has 0 saturated carbocycles. The Bertz CT molecular complexity index is 1030. The highest BCUT2D eigenvalue weighted by atomic mass is 35.5.